The molecular weight excluding hydrogens is 376 g/mol. The number of carbonyl (C=O) groups is 1. The number of nitrogens with zero attached hydrogens (tertiary/aromatic N) is 3. The fourth-order valence-electron chi connectivity index (χ4n) is 5.96. The highest BCUT2D eigenvalue weighted by atomic mass is 32.2. The molecule has 4 aliphatic rings. The van der Waals surface area contributed by atoms with E-state index < -0.39 is 4.92 Å². The molecule has 0 unspecified atom stereocenters. The Bertz CT molecular complexity index is 906. The van der Waals surface area contributed by atoms with Gasteiger partial charge in [-0.25, -0.2) is 4.98 Å². The van der Waals surface area contributed by atoms with Gasteiger partial charge < -0.3 is 0 Å². The van der Waals surface area contributed by atoms with E-state index in [4.69, 9.17) is 4.98 Å². The van der Waals surface area contributed by atoms with E-state index in [0.29, 0.717) is 10.7 Å². The number of ketones is 1. The molecule has 146 valence electrons. The number of thioether (sulfide) groups is 1. The van der Waals surface area contributed by atoms with Crippen LogP contribution in [0.4, 0.5) is 5.69 Å². The first-order valence-electron chi connectivity index (χ1n) is 9.84. The largest absolute Gasteiger partial charge is 0.293 e. The molecule has 0 radical (unpaired) electrons. The standard InChI is InChI=1S/C20H22N4O3S/c25-17(15-2-1-3-16(7-15)24(26)27)11-28-19-21-18(22-23-19)20-8-12-4-13(9-20)6-14(5-12)10-20/h1-3,7,12-14H,4-6,8-11H2,(H,21,22,23). The summed E-state index contributed by atoms with van der Waals surface area (Å²) in [7, 11) is 0. The van der Waals surface area contributed by atoms with Crippen molar-refractivity contribution in [1.29, 1.82) is 0 Å². The van der Waals surface area contributed by atoms with Gasteiger partial charge in [-0.15, -0.1) is 5.10 Å². The van der Waals surface area contributed by atoms with Gasteiger partial charge in [0.05, 0.1) is 10.7 Å². The maximum atomic E-state index is 12.4. The second-order valence-corrected chi connectivity index (χ2v) is 9.63. The number of H-pyrrole nitrogens is 1. The first-order chi connectivity index (χ1) is 13.5. The number of non-ortho nitro benzene ring substituents is 1. The highest BCUT2D eigenvalue weighted by Gasteiger charge is 2.53. The number of Topliss-reactive ketones (excluding diaryl/α,β-unsaturated/α-hetero) is 1. The van der Waals surface area contributed by atoms with E-state index in [9.17, 15) is 14.9 Å². The minimum absolute atomic E-state index is 0.0714. The molecule has 6 rings (SSSR count). The third-order valence-corrected chi connectivity index (χ3v) is 7.56. The van der Waals surface area contributed by atoms with Crippen LogP contribution >= 0.6 is 11.8 Å². The summed E-state index contributed by atoms with van der Waals surface area (Å²) < 4.78 is 0. The third-order valence-electron chi connectivity index (χ3n) is 6.72. The molecule has 0 atom stereocenters. The summed E-state index contributed by atoms with van der Waals surface area (Å²) >= 11 is 1.29. The minimum atomic E-state index is -0.489. The number of nitro benzene ring substituents is 1. The second-order valence-electron chi connectivity index (χ2n) is 8.68. The quantitative estimate of drug-likeness (QED) is 0.339. The molecular formula is C20H22N4O3S. The van der Waals surface area contributed by atoms with E-state index in [1.165, 1.54) is 68.5 Å². The molecule has 4 bridgehead atoms. The minimum Gasteiger partial charge on any atom is -0.293 e. The van der Waals surface area contributed by atoms with Crippen LogP contribution in [0.1, 0.15) is 54.7 Å². The molecule has 1 aromatic heterocycles. The summed E-state index contributed by atoms with van der Waals surface area (Å²) in [5.74, 6) is 3.51. The number of hydrogen-bond acceptors (Lipinski definition) is 6. The lowest BCUT2D eigenvalue weighted by Gasteiger charge is -2.55. The van der Waals surface area contributed by atoms with Crippen molar-refractivity contribution in [2.45, 2.75) is 49.1 Å². The van der Waals surface area contributed by atoms with Crippen molar-refractivity contribution in [3.8, 4) is 0 Å². The fraction of sp³-hybridized carbons (Fsp3) is 0.550. The van der Waals surface area contributed by atoms with Crippen LogP contribution in [0, 0.1) is 27.9 Å². The van der Waals surface area contributed by atoms with Crippen LogP contribution in [0.25, 0.3) is 0 Å². The predicted molar refractivity (Wildman–Crippen MR) is 104 cm³/mol. The van der Waals surface area contributed by atoms with Gasteiger partial charge in [0.25, 0.3) is 5.69 Å². The lowest BCUT2D eigenvalue weighted by molar-refractivity contribution is -0.384. The summed E-state index contributed by atoms with van der Waals surface area (Å²) in [6, 6.07) is 5.85. The van der Waals surface area contributed by atoms with Gasteiger partial charge in [-0.1, -0.05) is 23.9 Å². The number of aromatic amines is 1. The van der Waals surface area contributed by atoms with E-state index in [1.807, 2.05) is 0 Å². The Morgan fingerprint density at radius 3 is 2.54 bits per heavy atom. The SMILES string of the molecule is O=C(CSc1n[nH]c(C23CC4CC(CC(C4)C2)C3)n1)c1cccc([N+](=O)[O-])c1. The summed E-state index contributed by atoms with van der Waals surface area (Å²) in [5.41, 5.74) is 0.432. The molecule has 1 aromatic carbocycles. The van der Waals surface area contributed by atoms with Gasteiger partial charge in [-0.05, 0) is 56.3 Å². The number of aromatic nitrogens is 3. The number of nitrogens with one attached hydrogen (secondary N) is 1. The van der Waals surface area contributed by atoms with Crippen LogP contribution in [0.15, 0.2) is 29.4 Å². The molecule has 28 heavy (non-hydrogen) atoms. The van der Waals surface area contributed by atoms with Gasteiger partial charge in [-0.2, -0.15) is 0 Å². The number of hydrogen-bond donors (Lipinski definition) is 1. The Morgan fingerprint density at radius 1 is 1.21 bits per heavy atom. The molecule has 4 aliphatic carbocycles. The van der Waals surface area contributed by atoms with E-state index in [0.717, 1.165) is 23.6 Å². The highest BCUT2D eigenvalue weighted by Crippen LogP contribution is 2.60. The maximum absolute atomic E-state index is 12.4. The molecule has 0 aliphatic heterocycles. The fourth-order valence-corrected chi connectivity index (χ4v) is 6.65. The van der Waals surface area contributed by atoms with Crippen LogP contribution in [0.2, 0.25) is 0 Å². The Hall–Kier alpha value is -2.22. The van der Waals surface area contributed by atoms with E-state index in [1.54, 1.807) is 6.07 Å². The molecule has 0 amide bonds. The average Bonchev–Trinajstić information content (AvgIpc) is 3.15. The zero-order chi connectivity index (χ0) is 19.3. The molecule has 7 nitrogen and oxygen atoms in total. The van der Waals surface area contributed by atoms with Crippen molar-refractivity contribution in [1.82, 2.24) is 15.2 Å². The monoisotopic (exact) mass is 398 g/mol. The molecule has 0 spiro atoms. The molecule has 1 N–H and O–H groups in total. The van der Waals surface area contributed by atoms with E-state index in [-0.39, 0.29) is 22.6 Å². The van der Waals surface area contributed by atoms with Crippen LogP contribution in [0.5, 0.6) is 0 Å². The first-order valence-corrected chi connectivity index (χ1v) is 10.8. The van der Waals surface area contributed by atoms with E-state index in [2.05, 4.69) is 10.2 Å². The van der Waals surface area contributed by atoms with Crippen molar-refractivity contribution in [2.75, 3.05) is 5.75 Å². The average molecular weight is 398 g/mol. The van der Waals surface area contributed by atoms with Crippen molar-refractivity contribution in [3.05, 3.63) is 45.8 Å². The molecule has 1 heterocycles. The van der Waals surface area contributed by atoms with Crippen LogP contribution < -0.4 is 0 Å². The number of carbonyl (C=O) groups excluding carboxylic acids is 1. The summed E-state index contributed by atoms with van der Waals surface area (Å²) in [6.45, 7) is 0. The number of nitro groups is 1. The van der Waals surface area contributed by atoms with Gasteiger partial charge in [-0.3, -0.25) is 20.0 Å². The van der Waals surface area contributed by atoms with Crippen LogP contribution in [-0.2, 0) is 5.41 Å². The van der Waals surface area contributed by atoms with Crippen molar-refractivity contribution >= 4 is 23.2 Å². The van der Waals surface area contributed by atoms with Crippen molar-refractivity contribution in [2.24, 2.45) is 17.8 Å². The first kappa shape index (κ1) is 17.8. The lowest BCUT2D eigenvalue weighted by Crippen LogP contribution is -2.49. The second kappa shape index (κ2) is 6.69. The smallest absolute Gasteiger partial charge is 0.270 e. The van der Waals surface area contributed by atoms with E-state index >= 15 is 0 Å². The normalized spacial score (nSPS) is 30.5. The Morgan fingerprint density at radius 2 is 1.89 bits per heavy atom. The predicted octanol–water partition coefficient (Wildman–Crippen LogP) is 4.16. The summed E-state index contributed by atoms with van der Waals surface area (Å²) in [4.78, 5) is 27.6. The Labute approximate surface area is 166 Å². The van der Waals surface area contributed by atoms with Crippen molar-refractivity contribution in [3.63, 3.8) is 0 Å². The lowest BCUT2D eigenvalue weighted by atomic mass is 9.49. The van der Waals surface area contributed by atoms with Crippen LogP contribution in [0.3, 0.4) is 0 Å². The summed E-state index contributed by atoms with van der Waals surface area (Å²) in [5, 5.41) is 19.0. The zero-order valence-corrected chi connectivity index (χ0v) is 16.3. The molecule has 4 fully saturated rings. The number of rotatable bonds is 6. The Kier molecular flexibility index (Phi) is 4.26. The van der Waals surface area contributed by atoms with Gasteiger partial charge in [0.1, 0.15) is 5.82 Å². The van der Waals surface area contributed by atoms with Crippen LogP contribution in [-0.4, -0.2) is 31.6 Å². The third kappa shape index (κ3) is 3.13. The van der Waals surface area contributed by atoms with Gasteiger partial charge in [0.15, 0.2) is 5.78 Å². The summed E-state index contributed by atoms with van der Waals surface area (Å²) in [6.07, 6.45) is 7.78. The van der Waals surface area contributed by atoms with Gasteiger partial charge in [0.2, 0.25) is 5.16 Å². The zero-order valence-electron chi connectivity index (χ0n) is 15.5. The van der Waals surface area contributed by atoms with Gasteiger partial charge >= 0.3 is 0 Å². The molecule has 2 aromatic rings. The number of benzene rings is 1. The van der Waals surface area contributed by atoms with Gasteiger partial charge in [0, 0.05) is 23.1 Å². The Balaban J connectivity index is 1.27. The molecule has 4 saturated carbocycles. The van der Waals surface area contributed by atoms with Crippen molar-refractivity contribution < 1.29 is 9.72 Å². The molecule has 0 saturated heterocycles. The topological polar surface area (TPSA) is 102 Å². The molecule has 8 heteroatoms. The highest BCUT2D eigenvalue weighted by molar-refractivity contribution is 7.99. The maximum Gasteiger partial charge on any atom is 0.270 e.